The number of ether oxygens (including phenoxy) is 1. The van der Waals surface area contributed by atoms with Crippen LogP contribution in [0.2, 0.25) is 0 Å². The highest BCUT2D eigenvalue weighted by Gasteiger charge is 2.11. The van der Waals surface area contributed by atoms with Crippen molar-refractivity contribution < 1.29 is 4.74 Å². The van der Waals surface area contributed by atoms with Gasteiger partial charge in [0.25, 0.3) is 0 Å². The quantitative estimate of drug-likeness (QED) is 0.288. The van der Waals surface area contributed by atoms with Crippen molar-refractivity contribution in [3.05, 3.63) is 65.4 Å². The molecule has 0 unspecified atom stereocenters. The van der Waals surface area contributed by atoms with Crippen molar-refractivity contribution in [3.63, 3.8) is 0 Å². The predicted octanol–water partition coefficient (Wildman–Crippen LogP) is 4.49. The van der Waals surface area contributed by atoms with Gasteiger partial charge in [-0.1, -0.05) is 18.2 Å². The lowest BCUT2D eigenvalue weighted by molar-refractivity contribution is 0.461. The van der Waals surface area contributed by atoms with Gasteiger partial charge in [-0.3, -0.25) is 4.99 Å². The fraction of sp³-hybridized carbons (Fsp3) is 0.333. The van der Waals surface area contributed by atoms with E-state index in [0.29, 0.717) is 18.5 Å². The number of halogens is 1. The van der Waals surface area contributed by atoms with E-state index in [-0.39, 0.29) is 24.0 Å². The molecule has 1 aromatic carbocycles. The lowest BCUT2D eigenvalue weighted by Crippen LogP contribution is -2.42. The highest BCUT2D eigenvalue weighted by molar-refractivity contribution is 14.0. The SMILES string of the molecule is CN=C(NCc1ccnc(Oc2ccc(C)c(C)c2)c1)NC1CC=CC1.I. The third-order valence-corrected chi connectivity index (χ3v) is 4.53. The number of nitrogens with one attached hydrogen (secondary N) is 2. The van der Waals surface area contributed by atoms with Gasteiger partial charge in [-0.05, 0) is 61.6 Å². The molecule has 0 radical (unpaired) electrons. The minimum atomic E-state index is 0. The van der Waals surface area contributed by atoms with Crippen LogP contribution in [0, 0.1) is 13.8 Å². The number of pyridine rings is 1. The maximum absolute atomic E-state index is 5.90. The maximum atomic E-state index is 5.90. The Bertz CT molecular complexity index is 812. The molecule has 6 heteroatoms. The predicted molar refractivity (Wildman–Crippen MR) is 121 cm³/mol. The third kappa shape index (κ3) is 6.23. The Balaban J connectivity index is 0.00000261. The molecule has 0 amide bonds. The second-order valence-electron chi connectivity index (χ2n) is 6.56. The Labute approximate surface area is 178 Å². The number of aromatic nitrogens is 1. The zero-order valence-corrected chi connectivity index (χ0v) is 18.4. The van der Waals surface area contributed by atoms with Crippen LogP contribution in [0.3, 0.4) is 0 Å². The summed E-state index contributed by atoms with van der Waals surface area (Å²) in [5, 5.41) is 6.78. The van der Waals surface area contributed by atoms with Gasteiger partial charge in [-0.2, -0.15) is 0 Å². The van der Waals surface area contributed by atoms with Crippen molar-refractivity contribution in [1.29, 1.82) is 0 Å². The number of nitrogens with zero attached hydrogens (tertiary/aromatic N) is 2. The minimum Gasteiger partial charge on any atom is -0.439 e. The normalized spacial score (nSPS) is 14.0. The van der Waals surface area contributed by atoms with Crippen LogP contribution in [-0.4, -0.2) is 24.0 Å². The molecule has 0 saturated carbocycles. The number of aryl methyl sites for hydroxylation is 2. The van der Waals surface area contributed by atoms with Gasteiger partial charge in [0.05, 0.1) is 0 Å². The number of guanidine groups is 1. The van der Waals surface area contributed by atoms with Crippen LogP contribution in [-0.2, 0) is 6.54 Å². The van der Waals surface area contributed by atoms with Crippen LogP contribution in [0.1, 0.15) is 29.5 Å². The molecule has 1 heterocycles. The van der Waals surface area contributed by atoms with Gasteiger partial charge in [0.1, 0.15) is 5.75 Å². The monoisotopic (exact) mass is 478 g/mol. The highest BCUT2D eigenvalue weighted by atomic mass is 127. The maximum Gasteiger partial charge on any atom is 0.219 e. The Kier molecular flexibility index (Phi) is 8.09. The van der Waals surface area contributed by atoms with Crippen molar-refractivity contribution in [2.45, 2.75) is 39.3 Å². The Hall–Kier alpha value is -2.09. The van der Waals surface area contributed by atoms with Crippen molar-refractivity contribution in [2.75, 3.05) is 7.05 Å². The van der Waals surface area contributed by atoms with E-state index in [0.717, 1.165) is 30.1 Å². The first-order valence-electron chi connectivity index (χ1n) is 8.96. The summed E-state index contributed by atoms with van der Waals surface area (Å²) in [5.41, 5.74) is 3.54. The molecule has 5 nitrogen and oxygen atoms in total. The standard InChI is InChI=1S/C21H26N4O.HI/c1-15-8-9-19(12-16(15)2)26-20-13-17(10-11-23-20)14-24-21(22-3)25-18-6-4-5-7-18;/h4-5,8-13,18H,6-7,14H2,1-3H3,(H2,22,24,25);1H. The lowest BCUT2D eigenvalue weighted by atomic mass is 10.1. The van der Waals surface area contributed by atoms with Crippen molar-refractivity contribution in [2.24, 2.45) is 4.99 Å². The van der Waals surface area contributed by atoms with Crippen LogP contribution in [0.4, 0.5) is 0 Å². The van der Waals surface area contributed by atoms with E-state index in [9.17, 15) is 0 Å². The molecule has 0 atom stereocenters. The number of hydrogen-bond donors (Lipinski definition) is 2. The fourth-order valence-electron chi connectivity index (χ4n) is 2.82. The van der Waals surface area contributed by atoms with Gasteiger partial charge in [-0.25, -0.2) is 4.98 Å². The van der Waals surface area contributed by atoms with E-state index in [1.165, 1.54) is 11.1 Å². The van der Waals surface area contributed by atoms with Crippen molar-refractivity contribution in [1.82, 2.24) is 15.6 Å². The van der Waals surface area contributed by atoms with Crippen LogP contribution in [0.15, 0.2) is 53.7 Å². The molecule has 0 saturated heterocycles. The summed E-state index contributed by atoms with van der Waals surface area (Å²) in [6.45, 7) is 4.83. The molecular weight excluding hydrogens is 451 g/mol. The smallest absolute Gasteiger partial charge is 0.219 e. The summed E-state index contributed by atoms with van der Waals surface area (Å²) >= 11 is 0. The summed E-state index contributed by atoms with van der Waals surface area (Å²) in [6.07, 6.45) is 8.26. The van der Waals surface area contributed by atoms with Gasteiger partial charge in [-0.15, -0.1) is 24.0 Å². The first kappa shape index (κ1) is 21.2. The topological polar surface area (TPSA) is 58.5 Å². The molecule has 1 aromatic heterocycles. The van der Waals surface area contributed by atoms with Crippen LogP contribution < -0.4 is 15.4 Å². The van der Waals surface area contributed by atoms with E-state index < -0.39 is 0 Å². The van der Waals surface area contributed by atoms with Gasteiger partial charge >= 0.3 is 0 Å². The molecule has 0 aliphatic heterocycles. The third-order valence-electron chi connectivity index (χ3n) is 4.53. The second kappa shape index (κ2) is 10.3. The molecule has 27 heavy (non-hydrogen) atoms. The fourth-order valence-corrected chi connectivity index (χ4v) is 2.82. The zero-order chi connectivity index (χ0) is 18.4. The van der Waals surface area contributed by atoms with Gasteiger partial charge in [0, 0.05) is 31.9 Å². The molecule has 0 bridgehead atoms. The lowest BCUT2D eigenvalue weighted by Gasteiger charge is -2.17. The number of benzene rings is 1. The van der Waals surface area contributed by atoms with E-state index in [2.05, 4.69) is 52.7 Å². The largest absolute Gasteiger partial charge is 0.439 e. The summed E-state index contributed by atoms with van der Waals surface area (Å²) in [4.78, 5) is 8.61. The van der Waals surface area contributed by atoms with Gasteiger partial charge in [0.2, 0.25) is 5.88 Å². The molecule has 1 aliphatic rings. The Morgan fingerprint density at radius 2 is 1.93 bits per heavy atom. The summed E-state index contributed by atoms with van der Waals surface area (Å²) < 4.78 is 5.90. The summed E-state index contributed by atoms with van der Waals surface area (Å²) in [7, 11) is 1.79. The molecule has 2 N–H and O–H groups in total. The van der Waals surface area contributed by atoms with Crippen LogP contribution in [0.5, 0.6) is 11.6 Å². The van der Waals surface area contributed by atoms with E-state index in [4.69, 9.17) is 4.74 Å². The molecule has 0 spiro atoms. The van der Waals surface area contributed by atoms with E-state index in [1.807, 2.05) is 24.3 Å². The summed E-state index contributed by atoms with van der Waals surface area (Å²) in [5.74, 6) is 2.21. The highest BCUT2D eigenvalue weighted by Crippen LogP contribution is 2.22. The number of rotatable bonds is 5. The van der Waals surface area contributed by atoms with Crippen molar-refractivity contribution >= 4 is 29.9 Å². The average molecular weight is 478 g/mol. The van der Waals surface area contributed by atoms with Gasteiger partial charge < -0.3 is 15.4 Å². The van der Waals surface area contributed by atoms with E-state index in [1.54, 1.807) is 13.2 Å². The first-order valence-corrected chi connectivity index (χ1v) is 8.96. The summed E-state index contributed by atoms with van der Waals surface area (Å²) in [6, 6.07) is 10.4. The van der Waals surface area contributed by atoms with Gasteiger partial charge in [0.15, 0.2) is 5.96 Å². The Morgan fingerprint density at radius 3 is 2.63 bits per heavy atom. The molecule has 1 aliphatic carbocycles. The second-order valence-corrected chi connectivity index (χ2v) is 6.56. The Morgan fingerprint density at radius 1 is 1.15 bits per heavy atom. The van der Waals surface area contributed by atoms with Crippen LogP contribution >= 0.6 is 24.0 Å². The average Bonchev–Trinajstić information content (AvgIpc) is 3.15. The van der Waals surface area contributed by atoms with Crippen LogP contribution in [0.25, 0.3) is 0 Å². The molecule has 144 valence electrons. The van der Waals surface area contributed by atoms with Crippen molar-refractivity contribution in [3.8, 4) is 11.6 Å². The number of hydrogen-bond acceptors (Lipinski definition) is 3. The number of aliphatic imine (C=N–C) groups is 1. The molecule has 3 rings (SSSR count). The molecule has 0 fully saturated rings. The first-order chi connectivity index (χ1) is 12.6. The molecular formula is C21H27IN4O. The molecule has 2 aromatic rings. The minimum absolute atomic E-state index is 0. The zero-order valence-electron chi connectivity index (χ0n) is 16.0. The van der Waals surface area contributed by atoms with E-state index >= 15 is 0 Å².